The van der Waals surface area contributed by atoms with Gasteiger partial charge >= 0.3 is 5.97 Å². The molecule has 0 amide bonds. The highest BCUT2D eigenvalue weighted by atomic mass is 35.5. The molecule has 0 spiro atoms. The van der Waals surface area contributed by atoms with Crippen LogP contribution in [0.15, 0.2) is 16.7 Å². The van der Waals surface area contributed by atoms with Crippen molar-refractivity contribution in [2.45, 2.75) is 19.0 Å². The summed E-state index contributed by atoms with van der Waals surface area (Å²) in [7, 11) is 1.40. The topological polar surface area (TPSA) is 51.5 Å². The highest BCUT2D eigenvalue weighted by Gasteiger charge is 2.25. The molecule has 0 radical (unpaired) electrons. The van der Waals surface area contributed by atoms with Crippen LogP contribution in [0.1, 0.15) is 11.3 Å². The van der Waals surface area contributed by atoms with E-state index < -0.39 is 0 Å². The Morgan fingerprint density at radius 3 is 3.21 bits per heavy atom. The van der Waals surface area contributed by atoms with Crippen molar-refractivity contribution < 1.29 is 13.9 Å². The maximum atomic E-state index is 11.2. The minimum atomic E-state index is -0.227. The van der Waals surface area contributed by atoms with Crippen LogP contribution in [-0.2, 0) is 22.5 Å². The Morgan fingerprint density at radius 1 is 1.71 bits per heavy atom. The third kappa shape index (κ3) is 1.91. The second-order valence-electron chi connectivity index (χ2n) is 3.03. The standard InChI is InChI=1S/C9H11NO3.ClH/c1-12-9(11)7-4-6-2-3-13-8(6)5-10-7;/h2-3,7,10H,4-5H2,1H3;1H. The molecule has 5 heteroatoms. The summed E-state index contributed by atoms with van der Waals surface area (Å²) in [6, 6.07) is 1.67. The Labute approximate surface area is 88.0 Å². The lowest BCUT2D eigenvalue weighted by Gasteiger charge is -2.20. The second kappa shape index (κ2) is 4.48. The van der Waals surface area contributed by atoms with Crippen molar-refractivity contribution in [3.05, 3.63) is 23.7 Å². The Balaban J connectivity index is 0.000000980. The maximum Gasteiger partial charge on any atom is 0.323 e. The van der Waals surface area contributed by atoms with Crippen molar-refractivity contribution >= 4 is 18.4 Å². The molecular formula is C9H12ClNO3. The molecule has 1 aliphatic rings. The lowest BCUT2D eigenvalue weighted by atomic mass is 10.0. The van der Waals surface area contributed by atoms with Crippen molar-refractivity contribution in [3.63, 3.8) is 0 Å². The molecule has 1 aliphatic heterocycles. The van der Waals surface area contributed by atoms with Gasteiger partial charge in [0.2, 0.25) is 0 Å². The number of nitrogens with one attached hydrogen (secondary N) is 1. The van der Waals surface area contributed by atoms with E-state index in [1.807, 2.05) is 6.07 Å². The van der Waals surface area contributed by atoms with Crippen LogP contribution < -0.4 is 5.32 Å². The minimum Gasteiger partial charge on any atom is -0.468 e. The number of halogens is 1. The van der Waals surface area contributed by atoms with Gasteiger partial charge in [-0.3, -0.25) is 10.1 Å². The fraction of sp³-hybridized carbons (Fsp3) is 0.444. The summed E-state index contributed by atoms with van der Waals surface area (Å²) in [6.07, 6.45) is 2.30. The number of hydrogen-bond donors (Lipinski definition) is 1. The van der Waals surface area contributed by atoms with Crippen LogP contribution in [0.2, 0.25) is 0 Å². The molecule has 14 heavy (non-hydrogen) atoms. The summed E-state index contributed by atoms with van der Waals surface area (Å²) in [4.78, 5) is 11.2. The maximum absolute atomic E-state index is 11.2. The third-order valence-electron chi connectivity index (χ3n) is 2.26. The van der Waals surface area contributed by atoms with E-state index in [4.69, 9.17) is 4.42 Å². The molecule has 1 N–H and O–H groups in total. The zero-order chi connectivity index (χ0) is 9.26. The number of fused-ring (bicyclic) bond motifs is 1. The normalized spacial score (nSPS) is 19.4. The van der Waals surface area contributed by atoms with E-state index >= 15 is 0 Å². The van der Waals surface area contributed by atoms with Gasteiger partial charge in [0.25, 0.3) is 0 Å². The van der Waals surface area contributed by atoms with E-state index in [1.54, 1.807) is 6.26 Å². The quantitative estimate of drug-likeness (QED) is 0.710. The van der Waals surface area contributed by atoms with E-state index in [1.165, 1.54) is 7.11 Å². The summed E-state index contributed by atoms with van der Waals surface area (Å²) >= 11 is 0. The van der Waals surface area contributed by atoms with Gasteiger partial charge in [0.15, 0.2) is 0 Å². The number of carbonyl (C=O) groups excluding carboxylic acids is 1. The molecule has 0 aromatic carbocycles. The van der Waals surface area contributed by atoms with E-state index in [2.05, 4.69) is 10.1 Å². The van der Waals surface area contributed by atoms with Gasteiger partial charge in [-0.25, -0.2) is 0 Å². The number of esters is 1. The molecule has 0 saturated carbocycles. The zero-order valence-corrected chi connectivity index (χ0v) is 8.60. The van der Waals surface area contributed by atoms with Crippen LogP contribution >= 0.6 is 12.4 Å². The van der Waals surface area contributed by atoms with Gasteiger partial charge in [0.05, 0.1) is 19.9 Å². The zero-order valence-electron chi connectivity index (χ0n) is 7.78. The van der Waals surface area contributed by atoms with Crippen LogP contribution in [0.5, 0.6) is 0 Å². The van der Waals surface area contributed by atoms with Crippen molar-refractivity contribution in [1.82, 2.24) is 5.32 Å². The first-order chi connectivity index (χ1) is 6.31. The number of carbonyl (C=O) groups is 1. The van der Waals surface area contributed by atoms with Gasteiger partial charge < -0.3 is 9.15 Å². The molecule has 0 aliphatic carbocycles. The van der Waals surface area contributed by atoms with Gasteiger partial charge in [-0.2, -0.15) is 0 Å². The van der Waals surface area contributed by atoms with E-state index in [9.17, 15) is 4.79 Å². The summed E-state index contributed by atoms with van der Waals surface area (Å²) in [5.74, 6) is 0.701. The molecule has 0 bridgehead atoms. The molecule has 2 rings (SSSR count). The molecule has 1 aromatic rings. The number of methoxy groups -OCH3 is 1. The SMILES string of the molecule is COC(=O)C1Cc2ccoc2CN1.Cl. The molecule has 0 saturated heterocycles. The number of furan rings is 1. The number of ether oxygens (including phenoxy) is 1. The smallest absolute Gasteiger partial charge is 0.323 e. The van der Waals surface area contributed by atoms with E-state index in [0.717, 1.165) is 11.3 Å². The summed E-state index contributed by atoms with van der Waals surface area (Å²) in [6.45, 7) is 0.599. The van der Waals surface area contributed by atoms with Gasteiger partial charge in [-0.05, 0) is 11.6 Å². The number of hydrogen-bond acceptors (Lipinski definition) is 4. The predicted molar refractivity (Wildman–Crippen MR) is 52.3 cm³/mol. The first-order valence-electron chi connectivity index (χ1n) is 4.17. The largest absolute Gasteiger partial charge is 0.468 e. The van der Waals surface area contributed by atoms with Crippen LogP contribution in [-0.4, -0.2) is 19.1 Å². The molecule has 1 unspecified atom stereocenters. The Kier molecular flexibility index (Phi) is 3.55. The summed E-state index contributed by atoms with van der Waals surface area (Å²) in [5.41, 5.74) is 1.09. The van der Waals surface area contributed by atoms with Crippen molar-refractivity contribution in [2.24, 2.45) is 0 Å². The highest BCUT2D eigenvalue weighted by Crippen LogP contribution is 2.17. The molecule has 78 valence electrons. The fourth-order valence-electron chi connectivity index (χ4n) is 1.52. The Bertz CT molecular complexity index is 324. The average molecular weight is 218 g/mol. The fourth-order valence-corrected chi connectivity index (χ4v) is 1.52. The van der Waals surface area contributed by atoms with Crippen molar-refractivity contribution in [3.8, 4) is 0 Å². The average Bonchev–Trinajstić information content (AvgIpc) is 2.63. The van der Waals surface area contributed by atoms with Gasteiger partial charge in [-0.15, -0.1) is 12.4 Å². The van der Waals surface area contributed by atoms with Gasteiger partial charge in [0, 0.05) is 6.42 Å². The molecule has 1 atom stereocenters. The summed E-state index contributed by atoms with van der Waals surface area (Å²) < 4.78 is 9.85. The first-order valence-corrected chi connectivity index (χ1v) is 4.17. The van der Waals surface area contributed by atoms with Crippen molar-refractivity contribution in [2.75, 3.05) is 7.11 Å². The van der Waals surface area contributed by atoms with E-state index in [-0.39, 0.29) is 24.4 Å². The molecule has 2 heterocycles. The molecular weight excluding hydrogens is 206 g/mol. The lowest BCUT2D eigenvalue weighted by molar-refractivity contribution is -0.143. The monoisotopic (exact) mass is 217 g/mol. The van der Waals surface area contributed by atoms with E-state index in [0.29, 0.717) is 13.0 Å². The van der Waals surface area contributed by atoms with Crippen LogP contribution in [0.3, 0.4) is 0 Å². The second-order valence-corrected chi connectivity index (χ2v) is 3.03. The minimum absolute atomic E-state index is 0. The molecule has 4 nitrogen and oxygen atoms in total. The Hall–Kier alpha value is -1.00. The van der Waals surface area contributed by atoms with Crippen LogP contribution in [0, 0.1) is 0 Å². The highest BCUT2D eigenvalue weighted by molar-refractivity contribution is 5.85. The van der Waals surface area contributed by atoms with Crippen LogP contribution in [0.25, 0.3) is 0 Å². The van der Waals surface area contributed by atoms with Gasteiger partial charge in [0.1, 0.15) is 11.8 Å². The van der Waals surface area contributed by atoms with Crippen molar-refractivity contribution in [1.29, 1.82) is 0 Å². The van der Waals surface area contributed by atoms with Crippen LogP contribution in [0.4, 0.5) is 0 Å². The van der Waals surface area contributed by atoms with Gasteiger partial charge in [-0.1, -0.05) is 0 Å². The predicted octanol–water partition coefficient (Wildman–Crippen LogP) is 0.889. The summed E-state index contributed by atoms with van der Waals surface area (Å²) in [5, 5.41) is 3.04. The Morgan fingerprint density at radius 2 is 2.50 bits per heavy atom. The molecule has 0 fully saturated rings. The third-order valence-corrected chi connectivity index (χ3v) is 2.26. The molecule has 1 aromatic heterocycles. The number of rotatable bonds is 1. The first kappa shape index (κ1) is 11.1. The lowest BCUT2D eigenvalue weighted by Crippen LogP contribution is -2.41.